The van der Waals surface area contributed by atoms with Gasteiger partial charge in [0, 0.05) is 28.8 Å². The van der Waals surface area contributed by atoms with Crippen LogP contribution in [0.4, 0.5) is 10.1 Å². The molecule has 0 saturated heterocycles. The highest BCUT2D eigenvalue weighted by atomic mass is 32.2. The highest BCUT2D eigenvalue weighted by molar-refractivity contribution is 7.90. The van der Waals surface area contributed by atoms with E-state index in [0.29, 0.717) is 41.0 Å². The van der Waals surface area contributed by atoms with Gasteiger partial charge in [-0.1, -0.05) is 18.2 Å². The molecule has 36 heavy (non-hydrogen) atoms. The number of sulfone groups is 1. The average molecular weight is 520 g/mol. The number of halogens is 1. The maximum Gasteiger partial charge on any atom is 0.310 e. The van der Waals surface area contributed by atoms with E-state index in [-0.39, 0.29) is 30.2 Å². The highest BCUT2D eigenvalue weighted by Gasteiger charge is 2.23. The van der Waals surface area contributed by atoms with Gasteiger partial charge in [0.25, 0.3) is 5.09 Å². The van der Waals surface area contributed by atoms with Crippen LogP contribution < -0.4 is 5.73 Å². The second kappa shape index (κ2) is 11.2. The number of nitrogen functional groups attached to an aromatic ring is 1. The number of hydrogen-bond donors (Lipinski definition) is 1. The largest absolute Gasteiger partial charge is 0.465 e. The monoisotopic (exact) mass is 519 g/mol. The van der Waals surface area contributed by atoms with Crippen molar-refractivity contribution in [2.24, 2.45) is 0 Å². The van der Waals surface area contributed by atoms with E-state index < -0.39 is 26.7 Å². The van der Waals surface area contributed by atoms with Crippen molar-refractivity contribution in [2.45, 2.75) is 31.1 Å². The van der Waals surface area contributed by atoms with Crippen LogP contribution in [0.25, 0.3) is 16.9 Å². The third-order valence-electron chi connectivity index (χ3n) is 5.52. The molecule has 0 amide bonds. The van der Waals surface area contributed by atoms with Crippen molar-refractivity contribution in [3.63, 3.8) is 0 Å². The SMILES string of the molecule is Cc1c(CC(=O)OCCCCO[N+](=O)[O-])c(N)c(-c2ccc(S(C)(=O)=O)cc2)n1-c1cccc(F)c1. The molecule has 0 bridgehead atoms. The molecule has 0 atom stereocenters. The molecule has 2 aromatic carbocycles. The Labute approximate surface area is 207 Å². The molecule has 0 fully saturated rings. The molecule has 0 unspecified atom stereocenters. The van der Waals surface area contributed by atoms with E-state index in [1.165, 1.54) is 24.3 Å². The fraction of sp³-hybridized carbons (Fsp3) is 0.292. The number of anilines is 1. The highest BCUT2D eigenvalue weighted by Crippen LogP contribution is 2.37. The Morgan fingerprint density at radius 1 is 1.14 bits per heavy atom. The van der Waals surface area contributed by atoms with Gasteiger partial charge in [-0.2, -0.15) is 0 Å². The van der Waals surface area contributed by atoms with Gasteiger partial charge in [-0.15, -0.1) is 10.1 Å². The number of rotatable bonds is 11. The predicted molar refractivity (Wildman–Crippen MR) is 130 cm³/mol. The van der Waals surface area contributed by atoms with E-state index in [9.17, 15) is 27.7 Å². The van der Waals surface area contributed by atoms with Crippen molar-refractivity contribution in [1.29, 1.82) is 0 Å². The number of unbranched alkanes of at least 4 members (excludes halogenated alkanes) is 1. The molecule has 10 nitrogen and oxygen atoms in total. The lowest BCUT2D eigenvalue weighted by molar-refractivity contribution is -0.757. The third kappa shape index (κ3) is 6.39. The van der Waals surface area contributed by atoms with Crippen LogP contribution in [-0.4, -0.2) is 43.5 Å². The number of carbonyl (C=O) groups is 1. The van der Waals surface area contributed by atoms with E-state index in [1.54, 1.807) is 35.8 Å². The topological polar surface area (TPSA) is 144 Å². The van der Waals surface area contributed by atoms with Crippen molar-refractivity contribution < 1.29 is 32.3 Å². The van der Waals surface area contributed by atoms with Gasteiger partial charge in [0.05, 0.1) is 35.9 Å². The van der Waals surface area contributed by atoms with Gasteiger partial charge >= 0.3 is 5.97 Å². The number of benzene rings is 2. The van der Waals surface area contributed by atoms with Gasteiger partial charge in [0.2, 0.25) is 0 Å². The van der Waals surface area contributed by atoms with Crippen molar-refractivity contribution in [3.8, 4) is 16.9 Å². The molecular formula is C24H26FN3O7S. The smallest absolute Gasteiger partial charge is 0.310 e. The van der Waals surface area contributed by atoms with E-state index in [0.717, 1.165) is 6.26 Å². The summed E-state index contributed by atoms with van der Waals surface area (Å²) in [5.74, 6) is -1.00. The lowest BCUT2D eigenvalue weighted by Gasteiger charge is -2.13. The van der Waals surface area contributed by atoms with E-state index in [1.807, 2.05) is 0 Å². The number of nitrogens with two attached hydrogens (primary N) is 1. The molecule has 12 heteroatoms. The van der Waals surface area contributed by atoms with Crippen LogP contribution >= 0.6 is 0 Å². The summed E-state index contributed by atoms with van der Waals surface area (Å²) in [7, 11) is -3.41. The first-order valence-corrected chi connectivity index (χ1v) is 12.9. The Kier molecular flexibility index (Phi) is 8.30. The van der Waals surface area contributed by atoms with Crippen LogP contribution in [0.5, 0.6) is 0 Å². The zero-order valence-corrected chi connectivity index (χ0v) is 20.6. The van der Waals surface area contributed by atoms with Gasteiger partial charge in [-0.05, 0) is 50.1 Å². The number of nitrogens with zero attached hydrogens (tertiary/aromatic N) is 2. The molecule has 0 aliphatic carbocycles. The zero-order chi connectivity index (χ0) is 26.5. The van der Waals surface area contributed by atoms with Gasteiger partial charge in [-0.25, -0.2) is 12.8 Å². The molecule has 0 aliphatic rings. The van der Waals surface area contributed by atoms with E-state index >= 15 is 0 Å². The standard InChI is InChI=1S/C24H26FN3O7S/c1-16-21(15-22(29)34-12-3-4-13-35-28(30)31)23(26)24(27(16)19-7-5-6-18(25)14-19)17-8-10-20(11-9-17)36(2,32)33/h5-11,14H,3-4,12-13,15,26H2,1-2H3. The number of carbonyl (C=O) groups excluding carboxylic acids is 1. The summed E-state index contributed by atoms with van der Waals surface area (Å²) < 4.78 is 44.7. The molecule has 2 N–H and O–H groups in total. The molecule has 192 valence electrons. The fourth-order valence-electron chi connectivity index (χ4n) is 3.79. The van der Waals surface area contributed by atoms with Crippen LogP contribution in [0.3, 0.4) is 0 Å². The van der Waals surface area contributed by atoms with E-state index in [4.69, 9.17) is 10.5 Å². The Morgan fingerprint density at radius 2 is 1.81 bits per heavy atom. The molecule has 0 spiro atoms. The predicted octanol–water partition coefficient (Wildman–Crippen LogP) is 3.65. The minimum absolute atomic E-state index is 0.0588. The Balaban J connectivity index is 1.91. The van der Waals surface area contributed by atoms with Gasteiger partial charge in [0.1, 0.15) is 5.82 Å². The molecule has 1 heterocycles. The molecule has 0 saturated carbocycles. The zero-order valence-electron chi connectivity index (χ0n) is 19.8. The number of hydrogen-bond acceptors (Lipinski definition) is 8. The minimum atomic E-state index is -3.41. The lowest BCUT2D eigenvalue weighted by Crippen LogP contribution is -2.11. The summed E-state index contributed by atoms with van der Waals surface area (Å²) in [6.45, 7) is 1.71. The first kappa shape index (κ1) is 26.7. The first-order valence-electron chi connectivity index (χ1n) is 11.0. The van der Waals surface area contributed by atoms with Gasteiger partial charge in [-0.3, -0.25) is 4.79 Å². The molecule has 0 radical (unpaired) electrons. The summed E-state index contributed by atoms with van der Waals surface area (Å²) >= 11 is 0. The van der Waals surface area contributed by atoms with Gasteiger partial charge in [0.15, 0.2) is 9.84 Å². The summed E-state index contributed by atoms with van der Waals surface area (Å²) in [6, 6.07) is 12.0. The van der Waals surface area contributed by atoms with Crippen LogP contribution in [0.2, 0.25) is 0 Å². The third-order valence-corrected chi connectivity index (χ3v) is 6.65. The van der Waals surface area contributed by atoms with Crippen LogP contribution in [0.1, 0.15) is 24.1 Å². The van der Waals surface area contributed by atoms with Crippen molar-refractivity contribution in [1.82, 2.24) is 4.57 Å². The Bertz CT molecular complexity index is 1370. The Hall–Kier alpha value is -3.93. The first-order chi connectivity index (χ1) is 17.0. The molecule has 0 aliphatic heterocycles. The number of aromatic nitrogens is 1. The number of ether oxygens (including phenoxy) is 1. The quantitative estimate of drug-likeness (QED) is 0.175. The average Bonchev–Trinajstić information content (AvgIpc) is 3.05. The summed E-state index contributed by atoms with van der Waals surface area (Å²) in [5.41, 5.74) is 9.39. The van der Waals surface area contributed by atoms with Crippen LogP contribution in [-0.2, 0) is 30.6 Å². The maximum absolute atomic E-state index is 14.1. The van der Waals surface area contributed by atoms with E-state index in [2.05, 4.69) is 4.84 Å². The summed E-state index contributed by atoms with van der Waals surface area (Å²) in [4.78, 5) is 27.0. The second-order valence-corrected chi connectivity index (χ2v) is 10.1. The molecule has 3 aromatic rings. The Morgan fingerprint density at radius 3 is 2.42 bits per heavy atom. The maximum atomic E-state index is 14.1. The van der Waals surface area contributed by atoms with Gasteiger partial charge < -0.3 is 19.9 Å². The van der Waals surface area contributed by atoms with Crippen molar-refractivity contribution in [2.75, 3.05) is 25.2 Å². The molecular weight excluding hydrogens is 493 g/mol. The molecule has 3 rings (SSSR count). The van der Waals surface area contributed by atoms with Crippen molar-refractivity contribution in [3.05, 3.63) is 75.7 Å². The van der Waals surface area contributed by atoms with Crippen LogP contribution in [0.15, 0.2) is 53.4 Å². The molecule has 1 aromatic heterocycles. The minimum Gasteiger partial charge on any atom is -0.465 e. The van der Waals surface area contributed by atoms with Crippen molar-refractivity contribution >= 4 is 21.5 Å². The summed E-state index contributed by atoms with van der Waals surface area (Å²) in [6.07, 6.45) is 1.68. The normalized spacial score (nSPS) is 11.3. The summed E-state index contributed by atoms with van der Waals surface area (Å²) in [5, 5.41) is 9.28. The fourth-order valence-corrected chi connectivity index (χ4v) is 4.42. The lowest BCUT2D eigenvalue weighted by atomic mass is 10.1. The van der Waals surface area contributed by atoms with Crippen LogP contribution in [0, 0.1) is 22.9 Å². The second-order valence-electron chi connectivity index (χ2n) is 8.10. The number of esters is 1.